The molecule has 0 radical (unpaired) electrons. The van der Waals surface area contributed by atoms with E-state index in [9.17, 15) is 14.4 Å². The average molecular weight is 521 g/mol. The Morgan fingerprint density at radius 3 is 2.32 bits per heavy atom. The van der Waals surface area contributed by atoms with Crippen molar-refractivity contribution in [1.29, 1.82) is 0 Å². The lowest BCUT2D eigenvalue weighted by molar-refractivity contribution is -0.145. The van der Waals surface area contributed by atoms with Crippen molar-refractivity contribution in [3.8, 4) is 5.75 Å². The number of ether oxygens (including phenoxy) is 2. The van der Waals surface area contributed by atoms with Crippen LogP contribution in [0.25, 0.3) is 0 Å². The minimum Gasteiger partial charge on any atom is -0.482 e. The van der Waals surface area contributed by atoms with Gasteiger partial charge in [-0.2, -0.15) is 0 Å². The molecule has 1 heterocycles. The van der Waals surface area contributed by atoms with Gasteiger partial charge in [-0.25, -0.2) is 4.79 Å². The average Bonchev–Trinajstić information content (AvgIpc) is 2.89. The molecule has 8 heteroatoms. The Morgan fingerprint density at radius 2 is 1.68 bits per heavy atom. The maximum Gasteiger partial charge on any atom is 0.344 e. The molecule has 1 aliphatic heterocycles. The first kappa shape index (κ1) is 26.2. The van der Waals surface area contributed by atoms with Gasteiger partial charge in [0.2, 0.25) is 5.91 Å². The highest BCUT2D eigenvalue weighted by atomic mass is 35.5. The first-order valence-corrected chi connectivity index (χ1v) is 12.5. The van der Waals surface area contributed by atoms with Crippen molar-refractivity contribution >= 4 is 40.8 Å². The van der Waals surface area contributed by atoms with Gasteiger partial charge in [0.05, 0.1) is 12.6 Å². The van der Waals surface area contributed by atoms with Gasteiger partial charge in [0, 0.05) is 34.9 Å². The molecule has 192 valence electrons. The van der Waals surface area contributed by atoms with Crippen LogP contribution in [0.3, 0.4) is 0 Å². The third kappa shape index (κ3) is 5.78. The summed E-state index contributed by atoms with van der Waals surface area (Å²) < 4.78 is 10.3. The zero-order valence-electron chi connectivity index (χ0n) is 21.0. The van der Waals surface area contributed by atoms with Gasteiger partial charge in [-0.1, -0.05) is 29.8 Å². The number of halogens is 1. The molecule has 0 aromatic heterocycles. The van der Waals surface area contributed by atoms with Crippen LogP contribution in [0.4, 0.5) is 11.4 Å². The lowest BCUT2D eigenvalue weighted by Gasteiger charge is -2.43. The zero-order valence-corrected chi connectivity index (χ0v) is 21.8. The first-order valence-electron chi connectivity index (χ1n) is 12.2. The number of hydrogen-bond donors (Lipinski definition) is 0. The Kier molecular flexibility index (Phi) is 8.14. The Labute approximate surface area is 221 Å². The fourth-order valence-corrected chi connectivity index (χ4v) is 4.82. The van der Waals surface area contributed by atoms with Crippen LogP contribution in [0.1, 0.15) is 49.2 Å². The maximum absolute atomic E-state index is 13.7. The van der Waals surface area contributed by atoms with E-state index >= 15 is 0 Å². The number of amides is 2. The smallest absolute Gasteiger partial charge is 0.344 e. The van der Waals surface area contributed by atoms with E-state index in [2.05, 4.69) is 0 Å². The molecular weight excluding hydrogens is 492 g/mol. The van der Waals surface area contributed by atoms with Crippen molar-refractivity contribution in [2.24, 2.45) is 0 Å². The summed E-state index contributed by atoms with van der Waals surface area (Å²) in [7, 11) is 0. The highest BCUT2D eigenvalue weighted by Crippen LogP contribution is 2.42. The van der Waals surface area contributed by atoms with Gasteiger partial charge < -0.3 is 19.3 Å². The monoisotopic (exact) mass is 520 g/mol. The SMILES string of the molecule is CCOC(=O)COc1ccc(C(=O)N2c3ccccc3C(N(C(C)=O)c3ccc(Cl)cc3)CC2C)cc1. The number of carbonyl (C=O) groups excluding carboxylic acids is 3. The molecule has 0 saturated heterocycles. The van der Waals surface area contributed by atoms with E-state index in [1.54, 1.807) is 60.0 Å². The molecular formula is C29H29ClN2O5. The molecule has 2 unspecified atom stereocenters. The summed E-state index contributed by atoms with van der Waals surface area (Å²) in [5, 5.41) is 0.596. The minimum atomic E-state index is -0.450. The van der Waals surface area contributed by atoms with Crippen LogP contribution in [-0.2, 0) is 14.3 Å². The molecule has 3 aromatic rings. The topological polar surface area (TPSA) is 76.2 Å². The number of fused-ring (bicyclic) bond motifs is 1. The van der Waals surface area contributed by atoms with E-state index in [1.165, 1.54) is 0 Å². The van der Waals surface area contributed by atoms with Crippen LogP contribution in [0.15, 0.2) is 72.8 Å². The summed E-state index contributed by atoms with van der Waals surface area (Å²) in [6.07, 6.45) is 0.561. The molecule has 2 atom stereocenters. The first-order chi connectivity index (χ1) is 17.8. The lowest BCUT2D eigenvalue weighted by atomic mass is 9.89. The van der Waals surface area contributed by atoms with Crippen LogP contribution in [0.5, 0.6) is 5.75 Å². The molecule has 0 N–H and O–H groups in total. The predicted molar refractivity (Wildman–Crippen MR) is 143 cm³/mol. The van der Waals surface area contributed by atoms with Gasteiger partial charge in [0.25, 0.3) is 5.91 Å². The molecule has 0 fully saturated rings. The Balaban J connectivity index is 1.61. The van der Waals surface area contributed by atoms with Crippen molar-refractivity contribution in [2.75, 3.05) is 23.0 Å². The summed E-state index contributed by atoms with van der Waals surface area (Å²) in [5.74, 6) is -0.227. The van der Waals surface area contributed by atoms with Crippen LogP contribution in [-0.4, -0.2) is 37.0 Å². The van der Waals surface area contributed by atoms with E-state index in [0.29, 0.717) is 22.8 Å². The lowest BCUT2D eigenvalue weighted by Crippen LogP contribution is -2.47. The van der Waals surface area contributed by atoms with Gasteiger partial charge >= 0.3 is 5.97 Å². The van der Waals surface area contributed by atoms with Gasteiger partial charge in [-0.3, -0.25) is 9.59 Å². The molecule has 7 nitrogen and oxygen atoms in total. The van der Waals surface area contributed by atoms with Gasteiger partial charge in [-0.15, -0.1) is 0 Å². The third-order valence-corrected chi connectivity index (χ3v) is 6.55. The van der Waals surface area contributed by atoms with Crippen molar-refractivity contribution in [3.63, 3.8) is 0 Å². The number of para-hydroxylation sites is 1. The van der Waals surface area contributed by atoms with Crippen molar-refractivity contribution in [1.82, 2.24) is 0 Å². The van der Waals surface area contributed by atoms with Crippen LogP contribution < -0.4 is 14.5 Å². The van der Waals surface area contributed by atoms with Crippen molar-refractivity contribution in [2.45, 2.75) is 39.3 Å². The Bertz CT molecular complexity index is 1280. The number of esters is 1. The summed E-state index contributed by atoms with van der Waals surface area (Å²) in [4.78, 5) is 41.6. The third-order valence-electron chi connectivity index (χ3n) is 6.30. The quantitative estimate of drug-likeness (QED) is 0.367. The highest BCUT2D eigenvalue weighted by Gasteiger charge is 2.38. The largest absolute Gasteiger partial charge is 0.482 e. The van der Waals surface area contributed by atoms with E-state index in [1.807, 2.05) is 43.3 Å². The fraction of sp³-hybridized carbons (Fsp3) is 0.276. The van der Waals surface area contributed by atoms with Crippen LogP contribution in [0, 0.1) is 0 Å². The summed E-state index contributed by atoms with van der Waals surface area (Å²) in [6.45, 7) is 5.35. The summed E-state index contributed by atoms with van der Waals surface area (Å²) in [5.41, 5.74) is 2.90. The number of rotatable bonds is 7. The van der Waals surface area contributed by atoms with Crippen LogP contribution >= 0.6 is 11.6 Å². The van der Waals surface area contributed by atoms with E-state index in [4.69, 9.17) is 21.1 Å². The highest BCUT2D eigenvalue weighted by molar-refractivity contribution is 6.30. The van der Waals surface area contributed by atoms with Gasteiger partial charge in [-0.05, 0) is 80.4 Å². The Morgan fingerprint density at radius 1 is 1.00 bits per heavy atom. The molecule has 0 bridgehead atoms. The molecule has 0 spiro atoms. The molecule has 37 heavy (non-hydrogen) atoms. The number of nitrogens with zero attached hydrogens (tertiary/aromatic N) is 2. The zero-order chi connectivity index (χ0) is 26.5. The second kappa shape index (κ2) is 11.5. The summed E-state index contributed by atoms with van der Waals surface area (Å²) >= 11 is 6.08. The fourth-order valence-electron chi connectivity index (χ4n) is 4.70. The molecule has 2 amide bonds. The molecule has 4 rings (SSSR count). The van der Waals surface area contributed by atoms with Crippen LogP contribution in [0.2, 0.25) is 5.02 Å². The summed E-state index contributed by atoms with van der Waals surface area (Å²) in [6, 6.07) is 21.1. The number of carbonyl (C=O) groups is 3. The molecule has 3 aromatic carbocycles. The molecule has 1 aliphatic rings. The van der Waals surface area contributed by atoms with E-state index in [-0.39, 0.29) is 37.1 Å². The number of benzene rings is 3. The predicted octanol–water partition coefficient (Wildman–Crippen LogP) is 5.82. The number of hydrogen-bond acceptors (Lipinski definition) is 5. The standard InChI is InChI=1S/C29H29ClN2O5/c1-4-36-28(34)18-37-24-15-9-21(10-16-24)29(35)31-19(2)17-27(25-7-5-6-8-26(25)31)32(20(3)33)23-13-11-22(30)12-14-23/h5-16,19,27H,4,17-18H2,1-3H3. The van der Waals surface area contributed by atoms with Crippen molar-refractivity contribution < 1.29 is 23.9 Å². The normalized spacial score (nSPS) is 16.5. The van der Waals surface area contributed by atoms with Gasteiger partial charge in [0.15, 0.2) is 6.61 Å². The molecule has 0 saturated carbocycles. The number of anilines is 2. The van der Waals surface area contributed by atoms with E-state index < -0.39 is 5.97 Å². The van der Waals surface area contributed by atoms with E-state index in [0.717, 1.165) is 16.9 Å². The Hall–Kier alpha value is -3.84. The van der Waals surface area contributed by atoms with Crippen molar-refractivity contribution in [3.05, 3.63) is 88.9 Å². The van der Waals surface area contributed by atoms with Gasteiger partial charge in [0.1, 0.15) is 5.75 Å². The second-order valence-electron chi connectivity index (χ2n) is 8.82. The molecule has 0 aliphatic carbocycles. The second-order valence-corrected chi connectivity index (χ2v) is 9.25. The minimum absolute atomic E-state index is 0.0903. The maximum atomic E-state index is 13.7.